The van der Waals surface area contributed by atoms with E-state index in [2.05, 4.69) is 0 Å². The molecule has 0 spiro atoms. The first-order valence-corrected chi connectivity index (χ1v) is 10.7. The highest BCUT2D eigenvalue weighted by Crippen LogP contribution is 2.32. The van der Waals surface area contributed by atoms with Crippen LogP contribution in [-0.4, -0.2) is 163 Å². The number of hydrogen-bond acceptors (Lipinski definition) is 16. The highest BCUT2D eigenvalue weighted by atomic mass is 16.8. The molecule has 16 nitrogen and oxygen atoms in total. The van der Waals surface area contributed by atoms with Gasteiger partial charge in [0.1, 0.15) is 73.2 Å². The number of nitrogens with two attached hydrogens (primary N) is 1. The van der Waals surface area contributed by atoms with Crippen molar-refractivity contribution in [1.82, 2.24) is 0 Å². The molecule has 15 atom stereocenters. The van der Waals surface area contributed by atoms with Crippen LogP contribution in [0.15, 0.2) is 0 Å². The monoisotopic (exact) mass is 503 g/mol. The molecule has 0 saturated carbocycles. The summed E-state index contributed by atoms with van der Waals surface area (Å²) in [4.78, 5) is 0. The van der Waals surface area contributed by atoms with Crippen LogP contribution in [0.5, 0.6) is 0 Å². The van der Waals surface area contributed by atoms with E-state index < -0.39 is 105 Å². The van der Waals surface area contributed by atoms with Crippen LogP contribution in [0.1, 0.15) is 0 Å². The van der Waals surface area contributed by atoms with Gasteiger partial charge in [0.15, 0.2) is 18.9 Å². The minimum Gasteiger partial charge on any atom is -0.394 e. The molecule has 0 aliphatic carbocycles. The van der Waals surface area contributed by atoms with E-state index in [-0.39, 0.29) is 6.54 Å². The van der Waals surface area contributed by atoms with Gasteiger partial charge in [0.25, 0.3) is 0 Å². The van der Waals surface area contributed by atoms with E-state index in [1.165, 1.54) is 0 Å². The van der Waals surface area contributed by atoms with Gasteiger partial charge in [-0.2, -0.15) is 0 Å². The molecule has 3 aliphatic rings. The van der Waals surface area contributed by atoms with Gasteiger partial charge in [0.2, 0.25) is 0 Å². The average molecular weight is 503 g/mol. The highest BCUT2D eigenvalue weighted by Gasteiger charge is 2.53. The molecule has 0 aromatic rings. The average Bonchev–Trinajstić information content (AvgIpc) is 2.83. The van der Waals surface area contributed by atoms with Crippen molar-refractivity contribution in [2.45, 2.75) is 92.1 Å². The van der Waals surface area contributed by atoms with Crippen molar-refractivity contribution in [3.63, 3.8) is 0 Å². The Morgan fingerprint density at radius 1 is 0.529 bits per heavy atom. The normalized spacial score (nSPS) is 52.5. The predicted molar refractivity (Wildman–Crippen MR) is 103 cm³/mol. The topological polar surface area (TPSA) is 274 Å². The van der Waals surface area contributed by atoms with Gasteiger partial charge < -0.3 is 80.5 Å². The summed E-state index contributed by atoms with van der Waals surface area (Å²) in [5.74, 6) is 0. The van der Waals surface area contributed by atoms with E-state index in [4.69, 9.17) is 29.4 Å². The van der Waals surface area contributed by atoms with Crippen molar-refractivity contribution in [3.8, 4) is 0 Å². The standard InChI is InChI=1S/C18H33NO15/c19-1-4-14(9(24)11(26)16(29)30-4)33-18-13(28)10(25)15(6(3-21)32-18)34-17-12(27)8(23)7(22)5(2-20)31-17/h4-18,20-29H,1-3,19H2/t4-,5-,6-,7-,8+,9-,10-,11-,12-,13-,14-,15-,16?,17-,18-/m1/s1. The van der Waals surface area contributed by atoms with Crippen molar-refractivity contribution >= 4 is 0 Å². The van der Waals surface area contributed by atoms with Gasteiger partial charge in [0.05, 0.1) is 13.2 Å². The minimum absolute atomic E-state index is 0.261. The van der Waals surface area contributed by atoms with Crippen molar-refractivity contribution in [2.75, 3.05) is 19.8 Å². The molecule has 1 unspecified atom stereocenters. The summed E-state index contributed by atoms with van der Waals surface area (Å²) in [5, 5.41) is 99.9. The molecule has 34 heavy (non-hydrogen) atoms. The molecule has 0 radical (unpaired) electrons. The van der Waals surface area contributed by atoms with Crippen LogP contribution in [0.2, 0.25) is 0 Å². The molecule has 12 N–H and O–H groups in total. The Morgan fingerprint density at radius 3 is 1.53 bits per heavy atom. The van der Waals surface area contributed by atoms with E-state index in [1.54, 1.807) is 0 Å². The summed E-state index contributed by atoms with van der Waals surface area (Å²) in [6.45, 7) is -1.79. The van der Waals surface area contributed by atoms with Crippen molar-refractivity contribution in [2.24, 2.45) is 5.73 Å². The summed E-state index contributed by atoms with van der Waals surface area (Å²) in [6, 6.07) is 0. The zero-order chi connectivity index (χ0) is 25.3. The summed E-state index contributed by atoms with van der Waals surface area (Å²) in [6.07, 6.45) is -24.3. The molecule has 3 heterocycles. The van der Waals surface area contributed by atoms with Gasteiger partial charge in [0, 0.05) is 6.54 Å². The van der Waals surface area contributed by atoms with Crippen LogP contribution in [0.3, 0.4) is 0 Å². The molecular formula is C18H33NO15. The van der Waals surface area contributed by atoms with Gasteiger partial charge in [-0.1, -0.05) is 0 Å². The van der Waals surface area contributed by atoms with Gasteiger partial charge in [-0.25, -0.2) is 0 Å². The van der Waals surface area contributed by atoms with Crippen molar-refractivity contribution in [1.29, 1.82) is 0 Å². The third kappa shape index (κ3) is 5.37. The second-order valence-electron chi connectivity index (χ2n) is 8.39. The third-order valence-corrected chi connectivity index (χ3v) is 6.14. The fraction of sp³-hybridized carbons (Fsp3) is 1.00. The van der Waals surface area contributed by atoms with Gasteiger partial charge in [-0.15, -0.1) is 0 Å². The number of rotatable bonds is 7. The van der Waals surface area contributed by atoms with Crippen LogP contribution >= 0.6 is 0 Å². The molecule has 0 amide bonds. The molecule has 3 aliphatic heterocycles. The quantitative estimate of drug-likeness (QED) is 0.154. The lowest BCUT2D eigenvalue weighted by Gasteiger charge is -2.47. The largest absolute Gasteiger partial charge is 0.394 e. The summed E-state index contributed by atoms with van der Waals surface area (Å²) in [5.41, 5.74) is 5.55. The van der Waals surface area contributed by atoms with Crippen LogP contribution in [0.25, 0.3) is 0 Å². The molecule has 0 bridgehead atoms. The molecule has 16 heteroatoms. The first-order chi connectivity index (χ1) is 16.0. The SMILES string of the molecule is NC[C@H]1OC(O)[C@H](O)[C@@H](O)[C@@H]1O[C@H]1O[C@H](CO)[C@@H](O[C@H]2O[C@H](CO)[C@@H](O)[C@H](O)[C@H]2O)[C@H](O)[C@H]1O. The van der Waals surface area contributed by atoms with Crippen molar-refractivity contribution < 1.29 is 74.7 Å². The first-order valence-electron chi connectivity index (χ1n) is 10.7. The van der Waals surface area contributed by atoms with E-state index in [1.807, 2.05) is 0 Å². The second-order valence-corrected chi connectivity index (χ2v) is 8.39. The fourth-order valence-corrected chi connectivity index (χ4v) is 4.10. The summed E-state index contributed by atoms with van der Waals surface area (Å²) in [7, 11) is 0. The third-order valence-electron chi connectivity index (χ3n) is 6.14. The van der Waals surface area contributed by atoms with E-state index in [0.717, 1.165) is 0 Å². The second kappa shape index (κ2) is 11.6. The van der Waals surface area contributed by atoms with Gasteiger partial charge in [-0.05, 0) is 0 Å². The maximum Gasteiger partial charge on any atom is 0.187 e. The lowest BCUT2D eigenvalue weighted by molar-refractivity contribution is -0.376. The minimum atomic E-state index is -1.87. The molecule has 200 valence electrons. The Hall–Kier alpha value is -0.640. The number of hydrogen-bond donors (Lipinski definition) is 11. The molecular weight excluding hydrogens is 470 g/mol. The first kappa shape index (κ1) is 27.9. The molecule has 3 saturated heterocycles. The Labute approximate surface area is 193 Å². The Bertz CT molecular complexity index is 640. The number of aliphatic hydroxyl groups is 10. The van der Waals surface area contributed by atoms with Gasteiger partial charge >= 0.3 is 0 Å². The Kier molecular flexibility index (Phi) is 9.54. The zero-order valence-electron chi connectivity index (χ0n) is 17.9. The maximum atomic E-state index is 10.6. The number of aliphatic hydroxyl groups excluding tert-OH is 10. The van der Waals surface area contributed by atoms with E-state index in [0.29, 0.717) is 0 Å². The van der Waals surface area contributed by atoms with E-state index >= 15 is 0 Å². The predicted octanol–water partition coefficient (Wildman–Crippen LogP) is -7.61. The maximum absolute atomic E-state index is 10.6. The summed E-state index contributed by atoms with van der Waals surface area (Å²) < 4.78 is 26.7. The Morgan fingerprint density at radius 2 is 1.00 bits per heavy atom. The van der Waals surface area contributed by atoms with E-state index in [9.17, 15) is 51.1 Å². The van der Waals surface area contributed by atoms with Gasteiger partial charge in [-0.3, -0.25) is 0 Å². The highest BCUT2D eigenvalue weighted by molar-refractivity contribution is 4.96. The Balaban J connectivity index is 1.72. The molecule has 3 rings (SSSR count). The van der Waals surface area contributed by atoms with Crippen LogP contribution in [-0.2, 0) is 23.7 Å². The summed E-state index contributed by atoms with van der Waals surface area (Å²) >= 11 is 0. The fourth-order valence-electron chi connectivity index (χ4n) is 4.10. The lowest BCUT2D eigenvalue weighted by atomic mass is 9.96. The lowest BCUT2D eigenvalue weighted by Crippen LogP contribution is -2.66. The van der Waals surface area contributed by atoms with Crippen LogP contribution < -0.4 is 5.73 Å². The zero-order valence-corrected chi connectivity index (χ0v) is 17.9. The van der Waals surface area contributed by atoms with Crippen molar-refractivity contribution in [3.05, 3.63) is 0 Å². The molecule has 0 aromatic heterocycles. The number of ether oxygens (including phenoxy) is 5. The smallest absolute Gasteiger partial charge is 0.187 e. The molecule has 3 fully saturated rings. The molecule has 0 aromatic carbocycles. The van der Waals surface area contributed by atoms with Crippen LogP contribution in [0, 0.1) is 0 Å². The van der Waals surface area contributed by atoms with Crippen LogP contribution in [0.4, 0.5) is 0 Å².